The number of hydrogen-bond donors (Lipinski definition) is 4. The van der Waals surface area contributed by atoms with Crippen molar-refractivity contribution in [3.05, 3.63) is 23.8 Å². The van der Waals surface area contributed by atoms with Gasteiger partial charge in [-0.05, 0) is 36.6 Å². The molecule has 0 spiro atoms. The van der Waals surface area contributed by atoms with Crippen LogP contribution in [0.25, 0.3) is 0 Å². The van der Waals surface area contributed by atoms with Crippen molar-refractivity contribution in [2.75, 3.05) is 19.7 Å². The van der Waals surface area contributed by atoms with Crippen LogP contribution in [0.5, 0.6) is 11.5 Å². The van der Waals surface area contributed by atoms with Gasteiger partial charge >= 0.3 is 0 Å². The van der Waals surface area contributed by atoms with Crippen molar-refractivity contribution in [2.45, 2.75) is 25.0 Å². The van der Waals surface area contributed by atoms with Gasteiger partial charge in [0.25, 0.3) is 0 Å². The molecule has 2 rings (SSSR count). The van der Waals surface area contributed by atoms with Crippen molar-refractivity contribution in [3.8, 4) is 11.5 Å². The molecule has 1 fully saturated rings. The lowest BCUT2D eigenvalue weighted by molar-refractivity contribution is 0.157. The standard InChI is InChI=1S/C13H19NO4/c15-8-10-6-12(17)7-14(10)4-3-9-5-11(16)1-2-13(9)18/h1-2,5,10,12,15-18H,3-4,6-8H2/t10-,12+/m0/s1. The van der Waals surface area contributed by atoms with Crippen LogP contribution in [0.2, 0.25) is 0 Å². The Balaban J connectivity index is 1.96. The second-order valence-electron chi connectivity index (χ2n) is 4.78. The zero-order valence-corrected chi connectivity index (χ0v) is 10.2. The normalized spacial score (nSPS) is 24.6. The molecule has 0 radical (unpaired) electrons. The monoisotopic (exact) mass is 253 g/mol. The van der Waals surface area contributed by atoms with Crippen LogP contribution in [0.3, 0.4) is 0 Å². The second kappa shape index (κ2) is 5.56. The van der Waals surface area contributed by atoms with E-state index < -0.39 is 0 Å². The van der Waals surface area contributed by atoms with E-state index in [0.29, 0.717) is 31.5 Å². The third kappa shape index (κ3) is 2.93. The number of aliphatic hydroxyl groups excluding tert-OH is 2. The molecule has 1 aromatic carbocycles. The molecule has 1 heterocycles. The number of phenols is 2. The van der Waals surface area contributed by atoms with Crippen molar-refractivity contribution in [3.63, 3.8) is 0 Å². The summed E-state index contributed by atoms with van der Waals surface area (Å²) >= 11 is 0. The minimum Gasteiger partial charge on any atom is -0.508 e. The molecular formula is C13H19NO4. The Morgan fingerprint density at radius 3 is 2.78 bits per heavy atom. The van der Waals surface area contributed by atoms with E-state index in [2.05, 4.69) is 0 Å². The molecule has 1 saturated heterocycles. The van der Waals surface area contributed by atoms with E-state index in [1.807, 2.05) is 4.90 Å². The highest BCUT2D eigenvalue weighted by Gasteiger charge is 2.29. The van der Waals surface area contributed by atoms with Crippen molar-refractivity contribution >= 4 is 0 Å². The van der Waals surface area contributed by atoms with Crippen LogP contribution in [0.15, 0.2) is 18.2 Å². The van der Waals surface area contributed by atoms with Gasteiger partial charge in [-0.3, -0.25) is 4.90 Å². The van der Waals surface area contributed by atoms with Crippen LogP contribution in [0.1, 0.15) is 12.0 Å². The lowest BCUT2D eigenvalue weighted by Gasteiger charge is -2.22. The van der Waals surface area contributed by atoms with E-state index in [4.69, 9.17) is 0 Å². The minimum atomic E-state index is -0.389. The summed E-state index contributed by atoms with van der Waals surface area (Å²) in [6.45, 7) is 1.22. The Morgan fingerprint density at radius 2 is 2.06 bits per heavy atom. The fourth-order valence-electron chi connectivity index (χ4n) is 2.46. The van der Waals surface area contributed by atoms with E-state index >= 15 is 0 Å². The summed E-state index contributed by atoms with van der Waals surface area (Å²) in [4.78, 5) is 2.01. The average Bonchev–Trinajstić information content (AvgIpc) is 2.71. The molecule has 0 aromatic heterocycles. The Hall–Kier alpha value is -1.30. The fourth-order valence-corrected chi connectivity index (χ4v) is 2.46. The molecule has 4 N–H and O–H groups in total. The van der Waals surface area contributed by atoms with Crippen LogP contribution in [0.4, 0.5) is 0 Å². The highest BCUT2D eigenvalue weighted by atomic mass is 16.3. The lowest BCUT2D eigenvalue weighted by Crippen LogP contribution is -2.34. The van der Waals surface area contributed by atoms with E-state index in [0.717, 1.165) is 0 Å². The summed E-state index contributed by atoms with van der Waals surface area (Å²) in [5.74, 6) is 0.288. The van der Waals surface area contributed by atoms with Crippen LogP contribution in [-0.2, 0) is 6.42 Å². The summed E-state index contributed by atoms with van der Waals surface area (Å²) in [7, 11) is 0. The molecule has 5 nitrogen and oxygen atoms in total. The smallest absolute Gasteiger partial charge is 0.119 e. The minimum absolute atomic E-state index is 0.0144. The first-order valence-electron chi connectivity index (χ1n) is 6.14. The van der Waals surface area contributed by atoms with Crippen molar-refractivity contribution in [1.29, 1.82) is 0 Å². The number of nitrogens with zero attached hydrogens (tertiary/aromatic N) is 1. The Labute approximate surface area is 106 Å². The van der Waals surface area contributed by atoms with Gasteiger partial charge in [0.15, 0.2) is 0 Å². The number of β-amino-alcohol motifs (C(OH)–C–C–N with tert-alkyl or cyclic N) is 1. The zero-order valence-electron chi connectivity index (χ0n) is 10.2. The van der Waals surface area contributed by atoms with Crippen LogP contribution >= 0.6 is 0 Å². The molecule has 18 heavy (non-hydrogen) atoms. The molecule has 2 atom stereocenters. The highest BCUT2D eigenvalue weighted by molar-refractivity contribution is 5.38. The second-order valence-corrected chi connectivity index (χ2v) is 4.78. The van der Waals surface area contributed by atoms with Crippen LogP contribution < -0.4 is 0 Å². The largest absolute Gasteiger partial charge is 0.508 e. The van der Waals surface area contributed by atoms with E-state index in [1.54, 1.807) is 0 Å². The van der Waals surface area contributed by atoms with Crippen LogP contribution in [-0.4, -0.2) is 57.2 Å². The third-order valence-electron chi connectivity index (χ3n) is 3.45. The fraction of sp³-hybridized carbons (Fsp3) is 0.538. The van der Waals surface area contributed by atoms with Gasteiger partial charge in [0, 0.05) is 19.1 Å². The third-order valence-corrected chi connectivity index (χ3v) is 3.45. The lowest BCUT2D eigenvalue weighted by atomic mass is 10.1. The number of hydrogen-bond acceptors (Lipinski definition) is 5. The number of aromatic hydroxyl groups is 2. The molecule has 100 valence electrons. The predicted octanol–water partition coefficient (Wildman–Crippen LogP) is 0.0678. The van der Waals surface area contributed by atoms with Crippen molar-refractivity contribution in [1.82, 2.24) is 4.90 Å². The summed E-state index contributed by atoms with van der Waals surface area (Å²) in [6, 6.07) is 4.43. The molecule has 0 saturated carbocycles. The Bertz CT molecular complexity index is 410. The molecule has 0 unspecified atom stereocenters. The number of rotatable bonds is 4. The van der Waals surface area contributed by atoms with Crippen molar-refractivity contribution in [2.24, 2.45) is 0 Å². The topological polar surface area (TPSA) is 84.2 Å². The first kappa shape index (κ1) is 13.1. The summed E-state index contributed by atoms with van der Waals surface area (Å²) in [6.07, 6.45) is 0.770. The zero-order chi connectivity index (χ0) is 13.1. The number of aliphatic hydroxyl groups is 2. The first-order valence-corrected chi connectivity index (χ1v) is 6.14. The first-order chi connectivity index (χ1) is 8.60. The maximum Gasteiger partial charge on any atom is 0.119 e. The maximum absolute atomic E-state index is 9.66. The van der Waals surface area contributed by atoms with Crippen LogP contribution in [0, 0.1) is 0 Å². The molecule has 5 heteroatoms. The van der Waals surface area contributed by atoms with Gasteiger partial charge in [-0.1, -0.05) is 0 Å². The van der Waals surface area contributed by atoms with E-state index in [1.165, 1.54) is 18.2 Å². The maximum atomic E-state index is 9.66. The number of likely N-dealkylation sites (tertiary alicyclic amines) is 1. The number of benzene rings is 1. The van der Waals surface area contributed by atoms with Gasteiger partial charge in [-0.25, -0.2) is 0 Å². The predicted molar refractivity (Wildman–Crippen MR) is 66.5 cm³/mol. The molecule has 0 aliphatic carbocycles. The average molecular weight is 253 g/mol. The highest BCUT2D eigenvalue weighted by Crippen LogP contribution is 2.24. The molecule has 0 bridgehead atoms. The summed E-state index contributed by atoms with van der Waals surface area (Å²) in [5.41, 5.74) is 0.674. The van der Waals surface area contributed by atoms with Gasteiger partial charge in [0.1, 0.15) is 11.5 Å². The molecule has 1 aliphatic rings. The van der Waals surface area contributed by atoms with Gasteiger partial charge < -0.3 is 20.4 Å². The van der Waals surface area contributed by atoms with Crippen molar-refractivity contribution < 1.29 is 20.4 Å². The quantitative estimate of drug-likeness (QED) is 0.571. The number of phenolic OH excluding ortho intramolecular Hbond substituents is 2. The van der Waals surface area contributed by atoms with E-state index in [9.17, 15) is 20.4 Å². The Kier molecular flexibility index (Phi) is 4.06. The van der Waals surface area contributed by atoms with E-state index in [-0.39, 0.29) is 30.3 Å². The molecule has 1 aliphatic heterocycles. The van der Waals surface area contributed by atoms with Gasteiger partial charge in [-0.15, -0.1) is 0 Å². The molecular weight excluding hydrogens is 234 g/mol. The Morgan fingerprint density at radius 1 is 1.28 bits per heavy atom. The summed E-state index contributed by atoms with van der Waals surface area (Å²) < 4.78 is 0. The van der Waals surface area contributed by atoms with Gasteiger partial charge in [0.05, 0.1) is 12.7 Å². The summed E-state index contributed by atoms with van der Waals surface area (Å²) in [5, 5.41) is 37.8. The molecule has 0 amide bonds. The SMILES string of the molecule is OC[C@@H]1C[C@@H](O)CN1CCc1cc(O)ccc1O. The van der Waals surface area contributed by atoms with Gasteiger partial charge in [-0.2, -0.15) is 0 Å². The molecule has 1 aromatic rings. The van der Waals surface area contributed by atoms with Gasteiger partial charge in [0.2, 0.25) is 0 Å².